The molecule has 2 fully saturated rings. The Morgan fingerprint density at radius 3 is 1.35 bits per heavy atom. The van der Waals surface area contributed by atoms with Gasteiger partial charge in [-0.1, -0.05) is 42.5 Å². The minimum atomic E-state index is -0.247. The molecule has 4 aliphatic heterocycles. The summed E-state index contributed by atoms with van der Waals surface area (Å²) in [5.74, 6) is 5.49. The van der Waals surface area contributed by atoms with Crippen LogP contribution in [0.15, 0.2) is 122 Å². The molecule has 2 N–H and O–H groups in total. The molecule has 6 aromatic carbocycles. The van der Waals surface area contributed by atoms with Gasteiger partial charge in [0.25, 0.3) is 0 Å². The van der Waals surface area contributed by atoms with E-state index in [0.29, 0.717) is 84.2 Å². The number of methoxy groups -OCH3 is 4. The molecule has 22 nitrogen and oxygen atoms in total. The fourth-order valence-corrected chi connectivity index (χ4v) is 12.0. The molecule has 0 saturated carbocycles. The van der Waals surface area contributed by atoms with Gasteiger partial charge in [-0.25, -0.2) is 29.4 Å². The van der Waals surface area contributed by atoms with Crippen molar-refractivity contribution in [3.05, 3.63) is 166 Å². The standard InChI is InChI=1S/C36H42N6O5.C34H38N6O5/c1-23-8-7-9-24(2)32(23)41-22-27-21-37-35(39-34(27)42(36(41)43)30-11-10-29(44-5)20-31(30)45-6)38-28-18-25(3)33(26(4)19-28)47-17-14-40-12-15-46-16-13-40;1-23-7-5-8-24(2)31(23)39-22-25-21-35-33(36-26-9-6-10-28(19-26)45-18-15-38-13-16-44-17-14-38)37-32(25)40(34(39)41)29-12-11-27(42-3)20-30(29)43-4/h7-11,18-21H,12-17,22H2,1-6H3,(H,37,38,39);5-12,19-21H,13-18,22H2,1-4H3,(H,35,36,37). The van der Waals surface area contributed by atoms with E-state index < -0.39 is 0 Å². The van der Waals surface area contributed by atoms with E-state index in [1.165, 1.54) is 0 Å². The highest BCUT2D eigenvalue weighted by atomic mass is 16.5. The van der Waals surface area contributed by atoms with Gasteiger partial charge in [0.15, 0.2) is 11.6 Å². The van der Waals surface area contributed by atoms with Gasteiger partial charge in [0, 0.05) is 92.4 Å². The molecular weight excluding hydrogens is 1170 g/mol. The van der Waals surface area contributed by atoms with Crippen LogP contribution in [0.4, 0.5) is 67.2 Å². The van der Waals surface area contributed by atoms with Crippen LogP contribution in [0.1, 0.15) is 44.5 Å². The van der Waals surface area contributed by atoms with E-state index in [1.54, 1.807) is 90.8 Å². The van der Waals surface area contributed by atoms with Crippen LogP contribution in [0, 0.1) is 41.5 Å². The average molecular weight is 1250 g/mol. The number of nitrogens with zero attached hydrogens (tertiary/aromatic N) is 10. The van der Waals surface area contributed by atoms with E-state index in [4.69, 9.17) is 47.9 Å². The normalized spacial score (nSPS) is 15.0. The number of amides is 4. The molecule has 4 amide bonds. The number of morpholine rings is 2. The molecular formula is C70H80N12O10. The van der Waals surface area contributed by atoms with Crippen LogP contribution < -0.4 is 58.7 Å². The number of benzene rings is 6. The number of rotatable bonds is 20. The van der Waals surface area contributed by atoms with Gasteiger partial charge in [-0.05, 0) is 123 Å². The first-order valence-corrected chi connectivity index (χ1v) is 30.8. The summed E-state index contributed by atoms with van der Waals surface area (Å²) in [6.45, 7) is 22.4. The monoisotopic (exact) mass is 1250 g/mol. The van der Waals surface area contributed by atoms with Crippen LogP contribution in [0.5, 0.6) is 34.5 Å². The lowest BCUT2D eigenvalue weighted by molar-refractivity contribution is 0.0321. The number of hydrogen-bond donors (Lipinski definition) is 2. The third-order valence-corrected chi connectivity index (χ3v) is 16.6. The highest BCUT2D eigenvalue weighted by molar-refractivity contribution is 6.13. The fourth-order valence-electron chi connectivity index (χ4n) is 12.0. The van der Waals surface area contributed by atoms with E-state index in [0.717, 1.165) is 144 Å². The number of urea groups is 2. The molecule has 0 radical (unpaired) electrons. The van der Waals surface area contributed by atoms with Crippen LogP contribution in [-0.2, 0) is 22.6 Å². The van der Waals surface area contributed by atoms with Crippen molar-refractivity contribution in [2.45, 2.75) is 54.6 Å². The Morgan fingerprint density at radius 1 is 0.467 bits per heavy atom. The Balaban J connectivity index is 0.000000189. The number of carbonyl (C=O) groups excluding carboxylic acids is 2. The molecule has 480 valence electrons. The van der Waals surface area contributed by atoms with Gasteiger partial charge in [0.05, 0.1) is 90.7 Å². The topological polar surface area (TPSA) is 203 Å². The SMILES string of the molecule is COc1ccc(N2C(=O)N(c3c(C)cccc3C)Cc3cnc(Nc4cc(C)c(OCCN5CCOCC5)c(C)c4)nc32)c(OC)c1.COc1ccc(N2C(=O)N(c3c(C)cccc3C)Cc3cnc(Nc4cccc(OCCN5CCOCC5)c4)nc32)c(OC)c1. The van der Waals surface area contributed by atoms with Gasteiger partial charge in [-0.3, -0.25) is 19.6 Å². The summed E-state index contributed by atoms with van der Waals surface area (Å²) in [5, 5.41) is 6.66. The van der Waals surface area contributed by atoms with Crippen molar-refractivity contribution in [3.8, 4) is 34.5 Å². The number of hydrogen-bond acceptors (Lipinski definition) is 18. The van der Waals surface area contributed by atoms with Gasteiger partial charge < -0.3 is 48.5 Å². The minimum absolute atomic E-state index is 0.242. The summed E-state index contributed by atoms with van der Waals surface area (Å²) in [5.41, 5.74) is 12.0. The van der Waals surface area contributed by atoms with Crippen LogP contribution >= 0.6 is 0 Å². The number of carbonyl (C=O) groups is 2. The Bertz CT molecular complexity index is 3890. The molecule has 8 aromatic rings. The maximum absolute atomic E-state index is 14.5. The highest BCUT2D eigenvalue weighted by Gasteiger charge is 2.39. The largest absolute Gasteiger partial charge is 0.497 e. The lowest BCUT2D eigenvalue weighted by Gasteiger charge is -2.37. The fraction of sp³-hybridized carbons (Fsp3) is 0.343. The third-order valence-electron chi connectivity index (χ3n) is 16.6. The first-order chi connectivity index (χ1) is 44.7. The second kappa shape index (κ2) is 29.0. The smallest absolute Gasteiger partial charge is 0.335 e. The Morgan fingerprint density at radius 2 is 0.902 bits per heavy atom. The number of anilines is 10. The van der Waals surface area contributed by atoms with Gasteiger partial charge in [-0.2, -0.15) is 9.97 Å². The number of fused-ring (bicyclic) bond motifs is 2. The molecule has 12 rings (SSSR count). The van der Waals surface area contributed by atoms with Crippen molar-refractivity contribution in [2.75, 3.05) is 138 Å². The summed E-state index contributed by atoms with van der Waals surface area (Å²) in [4.78, 5) is 59.4. The number of ether oxygens (including phenoxy) is 8. The lowest BCUT2D eigenvalue weighted by atomic mass is 10.1. The van der Waals surface area contributed by atoms with Crippen molar-refractivity contribution < 1.29 is 47.5 Å². The summed E-state index contributed by atoms with van der Waals surface area (Å²) in [6, 6.07) is 34.0. The van der Waals surface area contributed by atoms with Crippen LogP contribution in [0.25, 0.3) is 0 Å². The molecule has 6 heterocycles. The van der Waals surface area contributed by atoms with Crippen molar-refractivity contribution in [1.29, 1.82) is 0 Å². The molecule has 0 atom stereocenters. The first kappa shape index (κ1) is 63.8. The molecule has 92 heavy (non-hydrogen) atoms. The van der Waals surface area contributed by atoms with Crippen LogP contribution in [0.3, 0.4) is 0 Å². The molecule has 2 saturated heterocycles. The molecule has 22 heteroatoms. The molecule has 0 spiro atoms. The first-order valence-electron chi connectivity index (χ1n) is 30.8. The third kappa shape index (κ3) is 14.2. The molecule has 2 aromatic heterocycles. The molecule has 0 unspecified atom stereocenters. The van der Waals surface area contributed by atoms with Gasteiger partial charge in [-0.15, -0.1) is 0 Å². The van der Waals surface area contributed by atoms with Crippen LogP contribution in [-0.4, -0.2) is 149 Å². The Hall–Kier alpha value is -9.74. The highest BCUT2D eigenvalue weighted by Crippen LogP contribution is 2.45. The molecule has 4 aliphatic rings. The van der Waals surface area contributed by atoms with Crippen LogP contribution in [0.2, 0.25) is 0 Å². The maximum atomic E-state index is 14.5. The lowest BCUT2D eigenvalue weighted by Crippen LogP contribution is -2.46. The predicted molar refractivity (Wildman–Crippen MR) is 357 cm³/mol. The van der Waals surface area contributed by atoms with Gasteiger partial charge in [0.1, 0.15) is 47.7 Å². The summed E-state index contributed by atoms with van der Waals surface area (Å²) >= 11 is 0. The number of para-hydroxylation sites is 2. The summed E-state index contributed by atoms with van der Waals surface area (Å²) in [7, 11) is 6.33. The van der Waals surface area contributed by atoms with E-state index >= 15 is 0 Å². The second-order valence-corrected chi connectivity index (χ2v) is 22.9. The number of aryl methyl sites for hydroxylation is 6. The van der Waals surface area contributed by atoms with Crippen molar-refractivity contribution >= 4 is 69.7 Å². The Kier molecular flexibility index (Phi) is 20.1. The van der Waals surface area contributed by atoms with E-state index in [-0.39, 0.29) is 12.1 Å². The van der Waals surface area contributed by atoms with Gasteiger partial charge in [0.2, 0.25) is 11.9 Å². The molecule has 0 aliphatic carbocycles. The second-order valence-electron chi connectivity index (χ2n) is 22.9. The average Bonchev–Trinajstić information content (AvgIpc) is 0.764. The van der Waals surface area contributed by atoms with Crippen molar-refractivity contribution in [2.24, 2.45) is 0 Å². The zero-order valence-electron chi connectivity index (χ0n) is 54.0. The minimum Gasteiger partial charge on any atom is -0.497 e. The van der Waals surface area contributed by atoms with Gasteiger partial charge >= 0.3 is 12.1 Å². The van der Waals surface area contributed by atoms with Crippen molar-refractivity contribution in [3.63, 3.8) is 0 Å². The Labute approximate surface area is 537 Å². The number of aromatic nitrogens is 4. The molecule has 0 bridgehead atoms. The quantitative estimate of drug-likeness (QED) is 0.0728. The number of nitrogens with one attached hydrogen (secondary N) is 2. The zero-order chi connectivity index (χ0) is 64.4. The van der Waals surface area contributed by atoms with Crippen molar-refractivity contribution in [1.82, 2.24) is 29.7 Å². The summed E-state index contributed by atoms with van der Waals surface area (Å²) < 4.78 is 45.5. The predicted octanol–water partition coefficient (Wildman–Crippen LogP) is 12.3. The maximum Gasteiger partial charge on any atom is 0.335 e. The van der Waals surface area contributed by atoms with E-state index in [1.807, 2.05) is 120 Å². The van der Waals surface area contributed by atoms with E-state index in [2.05, 4.69) is 30.4 Å². The summed E-state index contributed by atoms with van der Waals surface area (Å²) in [6.07, 6.45) is 3.55. The van der Waals surface area contributed by atoms with E-state index in [9.17, 15) is 9.59 Å². The zero-order valence-corrected chi connectivity index (χ0v) is 54.0.